The quantitative estimate of drug-likeness (QED) is 0.549. The number of rotatable bonds is 3. The largest absolute Gasteiger partial charge is 0.367 e. The van der Waals surface area contributed by atoms with Crippen molar-refractivity contribution in [3.8, 4) is 0 Å². The molecule has 124 valence electrons. The van der Waals surface area contributed by atoms with Crippen molar-refractivity contribution < 1.29 is 9.47 Å². The lowest BCUT2D eigenvalue weighted by molar-refractivity contribution is -0.0289. The number of hydrogen-bond acceptors (Lipinski definition) is 2. The van der Waals surface area contributed by atoms with Crippen LogP contribution in [0.5, 0.6) is 0 Å². The second-order valence-corrected chi connectivity index (χ2v) is 9.47. The zero-order valence-corrected chi connectivity index (χ0v) is 14.8. The van der Waals surface area contributed by atoms with Gasteiger partial charge in [-0.3, -0.25) is 0 Å². The highest BCUT2D eigenvalue weighted by Crippen LogP contribution is 2.61. The number of hydrogen-bond donors (Lipinski definition) is 0. The lowest BCUT2D eigenvalue weighted by Crippen LogP contribution is -2.47. The fraction of sp³-hybridized carbons (Fsp3) is 0.900. The van der Waals surface area contributed by atoms with E-state index in [1.807, 2.05) is 0 Å². The molecule has 22 heavy (non-hydrogen) atoms. The molecule has 0 aromatic heterocycles. The number of fused-ring (bicyclic) bond motifs is 2. The second-order valence-electron chi connectivity index (χ2n) is 9.47. The van der Waals surface area contributed by atoms with Gasteiger partial charge in [-0.05, 0) is 83.0 Å². The Labute approximate surface area is 135 Å². The summed E-state index contributed by atoms with van der Waals surface area (Å²) in [4.78, 5) is 0. The molecule has 6 atom stereocenters. The minimum Gasteiger partial charge on any atom is -0.367 e. The van der Waals surface area contributed by atoms with E-state index in [1.165, 1.54) is 50.5 Å². The van der Waals surface area contributed by atoms with Gasteiger partial charge in [-0.15, -0.1) is 0 Å². The highest BCUT2D eigenvalue weighted by Gasteiger charge is 2.57. The van der Waals surface area contributed by atoms with Crippen LogP contribution in [0.15, 0.2) is 12.2 Å². The van der Waals surface area contributed by atoms with Gasteiger partial charge >= 0.3 is 0 Å². The molecule has 0 aromatic rings. The van der Waals surface area contributed by atoms with Gasteiger partial charge in [0.25, 0.3) is 0 Å². The molecule has 2 aliphatic carbocycles. The van der Waals surface area contributed by atoms with E-state index in [0.717, 1.165) is 11.8 Å². The van der Waals surface area contributed by atoms with E-state index in [4.69, 9.17) is 9.47 Å². The van der Waals surface area contributed by atoms with Gasteiger partial charge in [0.2, 0.25) is 0 Å². The smallest absolute Gasteiger partial charge is 0.0920 e. The highest BCUT2D eigenvalue weighted by molar-refractivity contribution is 5.17. The molecule has 0 spiro atoms. The summed E-state index contributed by atoms with van der Waals surface area (Å²) in [5.41, 5.74) is 2.34. The van der Waals surface area contributed by atoms with Gasteiger partial charge in [-0.25, -0.2) is 0 Å². The van der Waals surface area contributed by atoms with Crippen LogP contribution in [0.3, 0.4) is 0 Å². The average Bonchev–Trinajstić information content (AvgIpc) is 3.26. The predicted octanol–water partition coefficient (Wildman–Crippen LogP) is 4.87. The Balaban J connectivity index is 1.41. The molecule has 0 aromatic carbocycles. The van der Waals surface area contributed by atoms with Crippen LogP contribution in [-0.4, -0.2) is 23.4 Å². The first-order chi connectivity index (χ1) is 10.2. The van der Waals surface area contributed by atoms with Crippen LogP contribution in [0, 0.1) is 17.3 Å². The molecule has 4 aliphatic rings. The molecule has 4 fully saturated rings. The molecule has 0 unspecified atom stereocenters. The molecule has 4 rings (SSSR count). The fourth-order valence-electron chi connectivity index (χ4n) is 5.41. The number of allylic oxidation sites excluding steroid dienone is 1. The van der Waals surface area contributed by atoms with Gasteiger partial charge < -0.3 is 9.47 Å². The molecular formula is C20H32O2. The van der Waals surface area contributed by atoms with Crippen molar-refractivity contribution in [2.45, 2.75) is 96.1 Å². The summed E-state index contributed by atoms with van der Waals surface area (Å²) < 4.78 is 11.8. The van der Waals surface area contributed by atoms with Gasteiger partial charge in [0.15, 0.2) is 0 Å². The topological polar surface area (TPSA) is 25.1 Å². The minimum absolute atomic E-state index is 0.143. The van der Waals surface area contributed by atoms with Crippen LogP contribution in [0.1, 0.15) is 72.6 Å². The monoisotopic (exact) mass is 304 g/mol. The van der Waals surface area contributed by atoms with Crippen LogP contribution >= 0.6 is 0 Å². The van der Waals surface area contributed by atoms with Crippen LogP contribution in [0.25, 0.3) is 0 Å². The molecule has 0 radical (unpaired) electrons. The number of epoxide rings is 2. The Morgan fingerprint density at radius 2 is 1.86 bits per heavy atom. The lowest BCUT2D eigenvalue weighted by atomic mass is 9.49. The summed E-state index contributed by atoms with van der Waals surface area (Å²) in [6, 6.07) is 0. The summed E-state index contributed by atoms with van der Waals surface area (Å²) in [5, 5.41) is 0. The Bertz CT molecular complexity index is 496. The van der Waals surface area contributed by atoms with Gasteiger partial charge in [0.1, 0.15) is 0 Å². The molecule has 2 saturated carbocycles. The van der Waals surface area contributed by atoms with Crippen LogP contribution < -0.4 is 0 Å². The Kier molecular flexibility index (Phi) is 3.18. The Morgan fingerprint density at radius 3 is 2.55 bits per heavy atom. The maximum atomic E-state index is 5.98. The summed E-state index contributed by atoms with van der Waals surface area (Å²) in [7, 11) is 0. The van der Waals surface area contributed by atoms with Crippen molar-refractivity contribution in [1.82, 2.24) is 0 Å². The van der Waals surface area contributed by atoms with E-state index in [1.54, 1.807) is 0 Å². The predicted molar refractivity (Wildman–Crippen MR) is 88.8 cm³/mol. The Hall–Kier alpha value is -0.340. The maximum absolute atomic E-state index is 5.98. The first kappa shape index (κ1) is 15.2. The SMILES string of the molecule is C=C1CC[C@H]2O[C@]2(C)CC[C@@H]2[C@@H]1C[C@@]2(C)CC[C@H]1OC1(C)C. The fourth-order valence-corrected chi connectivity index (χ4v) is 5.41. The third kappa shape index (κ3) is 2.38. The highest BCUT2D eigenvalue weighted by atomic mass is 16.6. The molecule has 0 amide bonds. The molecule has 2 saturated heterocycles. The van der Waals surface area contributed by atoms with Gasteiger partial charge in [-0.2, -0.15) is 0 Å². The van der Waals surface area contributed by atoms with Gasteiger partial charge in [0.05, 0.1) is 23.4 Å². The van der Waals surface area contributed by atoms with E-state index in [0.29, 0.717) is 17.6 Å². The molecule has 2 aliphatic heterocycles. The number of ether oxygens (including phenoxy) is 2. The summed E-state index contributed by atoms with van der Waals surface area (Å²) >= 11 is 0. The van der Waals surface area contributed by atoms with Crippen LogP contribution in [0.2, 0.25) is 0 Å². The van der Waals surface area contributed by atoms with Crippen molar-refractivity contribution in [2.75, 3.05) is 0 Å². The van der Waals surface area contributed by atoms with Crippen molar-refractivity contribution in [3.63, 3.8) is 0 Å². The van der Waals surface area contributed by atoms with Crippen LogP contribution in [-0.2, 0) is 9.47 Å². The minimum atomic E-state index is 0.143. The third-order valence-corrected chi connectivity index (χ3v) is 7.45. The summed E-state index contributed by atoms with van der Waals surface area (Å²) in [6.07, 6.45) is 9.84. The first-order valence-corrected chi connectivity index (χ1v) is 9.27. The zero-order valence-electron chi connectivity index (χ0n) is 14.8. The van der Waals surface area contributed by atoms with Crippen molar-refractivity contribution in [3.05, 3.63) is 12.2 Å². The zero-order chi connectivity index (χ0) is 15.8. The summed E-state index contributed by atoms with van der Waals surface area (Å²) in [5.74, 6) is 1.60. The molecule has 0 bridgehead atoms. The third-order valence-electron chi connectivity index (χ3n) is 7.45. The normalized spacial score (nSPS) is 52.5. The molecule has 2 heteroatoms. The van der Waals surface area contributed by atoms with E-state index in [-0.39, 0.29) is 11.2 Å². The standard InChI is InChI=1S/C20H32O2/c1-13-6-7-17-20(5,22-17)11-8-15-14(13)12-19(15,4)10-9-16-18(2,3)21-16/h14-17H,1,6-12H2,2-5H3/t14-,15-,16-,17-,19-,20-/m1/s1. The van der Waals surface area contributed by atoms with Gasteiger partial charge in [-0.1, -0.05) is 19.1 Å². The molecule has 2 nitrogen and oxygen atoms in total. The molecule has 2 heterocycles. The molecular weight excluding hydrogens is 272 g/mol. The summed E-state index contributed by atoms with van der Waals surface area (Å²) in [6.45, 7) is 13.7. The van der Waals surface area contributed by atoms with E-state index >= 15 is 0 Å². The first-order valence-electron chi connectivity index (χ1n) is 9.27. The average molecular weight is 304 g/mol. The van der Waals surface area contributed by atoms with Crippen LogP contribution in [0.4, 0.5) is 0 Å². The molecule has 0 N–H and O–H groups in total. The van der Waals surface area contributed by atoms with Crippen molar-refractivity contribution >= 4 is 0 Å². The van der Waals surface area contributed by atoms with E-state index < -0.39 is 0 Å². The second kappa shape index (κ2) is 4.60. The van der Waals surface area contributed by atoms with E-state index in [2.05, 4.69) is 34.3 Å². The maximum Gasteiger partial charge on any atom is 0.0920 e. The lowest BCUT2D eigenvalue weighted by Gasteiger charge is -2.55. The van der Waals surface area contributed by atoms with Crippen molar-refractivity contribution in [1.29, 1.82) is 0 Å². The van der Waals surface area contributed by atoms with Crippen molar-refractivity contribution in [2.24, 2.45) is 17.3 Å². The Morgan fingerprint density at radius 1 is 1.14 bits per heavy atom. The van der Waals surface area contributed by atoms with Gasteiger partial charge in [0, 0.05) is 0 Å². The van der Waals surface area contributed by atoms with E-state index in [9.17, 15) is 0 Å².